The van der Waals surface area contributed by atoms with Gasteiger partial charge in [0.15, 0.2) is 11.5 Å². The molecule has 4 heteroatoms. The molecule has 0 amide bonds. The Morgan fingerprint density at radius 2 is 2.00 bits per heavy atom. The molecule has 2 N–H and O–H groups in total. The molecule has 1 aliphatic heterocycles. The fourth-order valence-electron chi connectivity index (χ4n) is 2.67. The van der Waals surface area contributed by atoms with Gasteiger partial charge in [-0.1, -0.05) is 6.07 Å². The van der Waals surface area contributed by atoms with Crippen LogP contribution in [0.3, 0.4) is 0 Å². The van der Waals surface area contributed by atoms with Gasteiger partial charge < -0.3 is 20.1 Å². The van der Waals surface area contributed by atoms with Crippen LogP contribution in [0.2, 0.25) is 0 Å². The van der Waals surface area contributed by atoms with Crippen LogP contribution in [0.5, 0.6) is 11.5 Å². The van der Waals surface area contributed by atoms with E-state index in [2.05, 4.69) is 18.0 Å². The fraction of sp³-hybridized carbons (Fsp3) is 0.625. The third-order valence-electron chi connectivity index (χ3n) is 3.97. The van der Waals surface area contributed by atoms with Gasteiger partial charge in [0.1, 0.15) is 0 Å². The molecule has 1 aromatic rings. The first-order valence-electron chi connectivity index (χ1n) is 7.56. The number of fused-ring (bicyclic) bond motifs is 1. The topological polar surface area (TPSA) is 47.7 Å². The molecule has 0 radical (unpaired) electrons. The molecule has 1 aliphatic carbocycles. The minimum atomic E-state index is 0.0240. The largest absolute Gasteiger partial charge is 0.490 e. The van der Waals surface area contributed by atoms with Crippen molar-refractivity contribution in [1.29, 1.82) is 0 Å². The van der Waals surface area contributed by atoms with Crippen LogP contribution in [0.25, 0.3) is 0 Å². The first-order chi connectivity index (χ1) is 9.72. The van der Waals surface area contributed by atoms with Crippen LogP contribution in [0.1, 0.15) is 30.9 Å². The van der Waals surface area contributed by atoms with E-state index in [9.17, 15) is 0 Å². The number of benzene rings is 1. The van der Waals surface area contributed by atoms with E-state index in [0.717, 1.165) is 49.1 Å². The van der Waals surface area contributed by atoms with Crippen LogP contribution in [0.15, 0.2) is 18.2 Å². The van der Waals surface area contributed by atoms with Crippen LogP contribution in [0, 0.1) is 5.92 Å². The van der Waals surface area contributed by atoms with Gasteiger partial charge in [0.25, 0.3) is 0 Å². The summed E-state index contributed by atoms with van der Waals surface area (Å²) in [6, 6.07) is 6.10. The second kappa shape index (κ2) is 6.02. The lowest BCUT2D eigenvalue weighted by Gasteiger charge is -2.22. The Kier molecular flexibility index (Phi) is 4.13. The third kappa shape index (κ3) is 3.44. The molecule has 1 atom stereocenters. The third-order valence-corrected chi connectivity index (χ3v) is 3.97. The van der Waals surface area contributed by atoms with Gasteiger partial charge in [-0.15, -0.1) is 0 Å². The fourth-order valence-corrected chi connectivity index (χ4v) is 2.67. The summed E-state index contributed by atoms with van der Waals surface area (Å²) in [5.41, 5.74) is 7.45. The normalized spacial score (nSPS) is 19.8. The first kappa shape index (κ1) is 13.7. The molecule has 3 rings (SSSR count). The van der Waals surface area contributed by atoms with Gasteiger partial charge in [0.2, 0.25) is 0 Å². The highest BCUT2D eigenvalue weighted by Gasteiger charge is 2.23. The zero-order chi connectivity index (χ0) is 13.9. The number of hydrogen-bond acceptors (Lipinski definition) is 4. The predicted octanol–water partition coefficient (Wildman–Crippen LogP) is 2.19. The van der Waals surface area contributed by atoms with E-state index in [1.165, 1.54) is 12.8 Å². The minimum absolute atomic E-state index is 0.0240. The maximum atomic E-state index is 6.33. The van der Waals surface area contributed by atoms with Crippen molar-refractivity contribution in [2.75, 3.05) is 33.4 Å². The first-order valence-corrected chi connectivity index (χ1v) is 7.56. The van der Waals surface area contributed by atoms with E-state index in [0.29, 0.717) is 6.61 Å². The van der Waals surface area contributed by atoms with Gasteiger partial charge in [0, 0.05) is 25.6 Å². The molecule has 0 aromatic heterocycles. The van der Waals surface area contributed by atoms with Crippen LogP contribution < -0.4 is 15.2 Å². The number of likely N-dealkylation sites (N-methyl/N-ethyl adjacent to an activating group) is 1. The van der Waals surface area contributed by atoms with Crippen molar-refractivity contribution in [2.45, 2.75) is 25.3 Å². The van der Waals surface area contributed by atoms with Crippen molar-refractivity contribution in [3.8, 4) is 11.5 Å². The molecule has 4 nitrogen and oxygen atoms in total. The van der Waals surface area contributed by atoms with Crippen LogP contribution in [0.4, 0.5) is 0 Å². The van der Waals surface area contributed by atoms with Crippen LogP contribution in [-0.2, 0) is 0 Å². The number of rotatable bonds is 5. The van der Waals surface area contributed by atoms with E-state index >= 15 is 0 Å². The average Bonchev–Trinajstić information content (AvgIpc) is 3.24. The maximum Gasteiger partial charge on any atom is 0.161 e. The molecule has 0 saturated heterocycles. The number of nitrogens with zero attached hydrogens (tertiary/aromatic N) is 1. The average molecular weight is 276 g/mol. The summed E-state index contributed by atoms with van der Waals surface area (Å²) in [5.74, 6) is 2.57. The molecule has 0 spiro atoms. The maximum absolute atomic E-state index is 6.33. The Balaban J connectivity index is 1.64. The molecule has 1 fully saturated rings. The highest BCUT2D eigenvalue weighted by Crippen LogP contribution is 2.33. The Bertz CT molecular complexity index is 460. The lowest BCUT2D eigenvalue weighted by atomic mass is 10.1. The van der Waals surface area contributed by atoms with Gasteiger partial charge in [-0.25, -0.2) is 0 Å². The smallest absolute Gasteiger partial charge is 0.161 e. The van der Waals surface area contributed by atoms with E-state index in [1.807, 2.05) is 12.1 Å². The summed E-state index contributed by atoms with van der Waals surface area (Å²) in [6.45, 7) is 3.49. The van der Waals surface area contributed by atoms with Crippen molar-refractivity contribution in [3.05, 3.63) is 23.8 Å². The van der Waals surface area contributed by atoms with E-state index in [1.54, 1.807) is 0 Å². The van der Waals surface area contributed by atoms with Gasteiger partial charge in [0.05, 0.1) is 13.2 Å². The summed E-state index contributed by atoms with van der Waals surface area (Å²) in [6.07, 6.45) is 3.69. The number of nitrogens with two attached hydrogens (primary N) is 1. The standard InChI is InChI=1S/C16H24N2O2/c1-18(10-12-3-4-12)11-14(17)13-5-6-15-16(9-13)20-8-2-7-19-15/h5-6,9,12,14H,2-4,7-8,10-11,17H2,1H3. The van der Waals surface area contributed by atoms with Crippen molar-refractivity contribution in [3.63, 3.8) is 0 Å². The molecule has 1 saturated carbocycles. The highest BCUT2D eigenvalue weighted by molar-refractivity contribution is 5.44. The molecular weight excluding hydrogens is 252 g/mol. The zero-order valence-corrected chi connectivity index (χ0v) is 12.2. The molecular formula is C16H24N2O2. The molecule has 0 bridgehead atoms. The van der Waals surface area contributed by atoms with Gasteiger partial charge in [-0.2, -0.15) is 0 Å². The minimum Gasteiger partial charge on any atom is -0.490 e. The molecule has 110 valence electrons. The summed E-state index contributed by atoms with van der Waals surface area (Å²) >= 11 is 0. The summed E-state index contributed by atoms with van der Waals surface area (Å²) in [4.78, 5) is 2.34. The molecule has 2 aliphatic rings. The summed E-state index contributed by atoms with van der Waals surface area (Å²) in [5, 5.41) is 0. The molecule has 1 unspecified atom stereocenters. The number of ether oxygens (including phenoxy) is 2. The van der Waals surface area contributed by atoms with E-state index < -0.39 is 0 Å². The lowest BCUT2D eigenvalue weighted by molar-refractivity contribution is 0.295. The van der Waals surface area contributed by atoms with E-state index in [4.69, 9.17) is 15.2 Å². The monoisotopic (exact) mass is 276 g/mol. The van der Waals surface area contributed by atoms with Crippen LogP contribution >= 0.6 is 0 Å². The Labute approximate surface area is 120 Å². The van der Waals surface area contributed by atoms with Crippen molar-refractivity contribution >= 4 is 0 Å². The molecule has 1 aromatic carbocycles. The molecule has 20 heavy (non-hydrogen) atoms. The van der Waals surface area contributed by atoms with Gasteiger partial charge >= 0.3 is 0 Å². The second-order valence-corrected chi connectivity index (χ2v) is 6.03. The predicted molar refractivity (Wildman–Crippen MR) is 79.2 cm³/mol. The quantitative estimate of drug-likeness (QED) is 0.895. The summed E-state index contributed by atoms with van der Waals surface area (Å²) < 4.78 is 11.4. The van der Waals surface area contributed by atoms with Gasteiger partial charge in [-0.3, -0.25) is 0 Å². The SMILES string of the molecule is CN(CC1CC1)CC(N)c1ccc2c(c1)OCCCO2. The van der Waals surface area contributed by atoms with E-state index in [-0.39, 0.29) is 6.04 Å². The van der Waals surface area contributed by atoms with Crippen molar-refractivity contribution < 1.29 is 9.47 Å². The number of hydrogen-bond donors (Lipinski definition) is 1. The highest BCUT2D eigenvalue weighted by atomic mass is 16.5. The zero-order valence-electron chi connectivity index (χ0n) is 12.2. The summed E-state index contributed by atoms with van der Waals surface area (Å²) in [7, 11) is 2.15. The Hall–Kier alpha value is -1.26. The lowest BCUT2D eigenvalue weighted by Crippen LogP contribution is -2.30. The molecule has 1 heterocycles. The van der Waals surface area contributed by atoms with Crippen molar-refractivity contribution in [1.82, 2.24) is 4.90 Å². The Morgan fingerprint density at radius 3 is 2.75 bits per heavy atom. The van der Waals surface area contributed by atoms with Crippen molar-refractivity contribution in [2.24, 2.45) is 11.7 Å². The second-order valence-electron chi connectivity index (χ2n) is 6.03. The van der Waals surface area contributed by atoms with Gasteiger partial charge in [-0.05, 0) is 43.5 Å². The Morgan fingerprint density at radius 1 is 1.25 bits per heavy atom. The van der Waals surface area contributed by atoms with Crippen LogP contribution in [-0.4, -0.2) is 38.3 Å².